The van der Waals surface area contributed by atoms with Crippen molar-refractivity contribution in [2.75, 3.05) is 0 Å². The first kappa shape index (κ1) is 14.2. The first-order chi connectivity index (χ1) is 9.69. The molecule has 0 amide bonds. The SMILES string of the molecule is CC(C=O)CC(=N)Cc1ccc(-c2ccccc2)cc1. The first-order valence-electron chi connectivity index (χ1n) is 6.85. The van der Waals surface area contributed by atoms with Gasteiger partial charge in [-0.2, -0.15) is 0 Å². The molecule has 2 aromatic rings. The monoisotopic (exact) mass is 265 g/mol. The molecular weight excluding hydrogens is 246 g/mol. The van der Waals surface area contributed by atoms with Crippen molar-refractivity contribution in [3.8, 4) is 11.1 Å². The van der Waals surface area contributed by atoms with E-state index in [2.05, 4.69) is 36.4 Å². The highest BCUT2D eigenvalue weighted by atomic mass is 16.1. The van der Waals surface area contributed by atoms with Crippen molar-refractivity contribution in [3.05, 3.63) is 60.2 Å². The summed E-state index contributed by atoms with van der Waals surface area (Å²) in [5.41, 5.74) is 4.11. The predicted molar refractivity (Wildman–Crippen MR) is 83.2 cm³/mol. The van der Waals surface area contributed by atoms with Crippen LogP contribution in [-0.4, -0.2) is 12.0 Å². The lowest BCUT2D eigenvalue weighted by Gasteiger charge is -2.07. The largest absolute Gasteiger partial charge is 0.309 e. The molecular formula is C18H19NO. The fourth-order valence-corrected chi connectivity index (χ4v) is 2.20. The maximum absolute atomic E-state index is 10.6. The Kier molecular flexibility index (Phi) is 4.83. The van der Waals surface area contributed by atoms with Crippen LogP contribution in [0.25, 0.3) is 11.1 Å². The van der Waals surface area contributed by atoms with Gasteiger partial charge in [0, 0.05) is 18.1 Å². The number of benzene rings is 2. The van der Waals surface area contributed by atoms with Gasteiger partial charge in [-0.05, 0) is 23.1 Å². The second kappa shape index (κ2) is 6.80. The summed E-state index contributed by atoms with van der Waals surface area (Å²) < 4.78 is 0. The minimum Gasteiger partial charge on any atom is -0.309 e. The van der Waals surface area contributed by atoms with E-state index in [0.29, 0.717) is 18.6 Å². The van der Waals surface area contributed by atoms with Gasteiger partial charge < -0.3 is 10.2 Å². The van der Waals surface area contributed by atoms with Crippen LogP contribution < -0.4 is 0 Å². The smallest absolute Gasteiger partial charge is 0.123 e. The van der Waals surface area contributed by atoms with Gasteiger partial charge in [0.25, 0.3) is 0 Å². The standard InChI is InChI=1S/C18H19NO/c1-14(13-20)11-18(19)12-15-7-9-17(10-8-15)16-5-3-2-4-6-16/h2-10,13-14,19H,11-12H2,1H3. The summed E-state index contributed by atoms with van der Waals surface area (Å²) in [6, 6.07) is 18.5. The van der Waals surface area contributed by atoms with Crippen molar-refractivity contribution in [1.29, 1.82) is 5.41 Å². The lowest BCUT2D eigenvalue weighted by atomic mass is 9.98. The van der Waals surface area contributed by atoms with E-state index in [4.69, 9.17) is 5.41 Å². The molecule has 0 aliphatic heterocycles. The molecule has 0 saturated heterocycles. The van der Waals surface area contributed by atoms with Crippen molar-refractivity contribution in [2.24, 2.45) is 5.92 Å². The van der Waals surface area contributed by atoms with Gasteiger partial charge >= 0.3 is 0 Å². The molecule has 20 heavy (non-hydrogen) atoms. The van der Waals surface area contributed by atoms with E-state index in [9.17, 15) is 4.79 Å². The van der Waals surface area contributed by atoms with Crippen LogP contribution in [0.3, 0.4) is 0 Å². The Morgan fingerprint density at radius 3 is 2.25 bits per heavy atom. The van der Waals surface area contributed by atoms with Gasteiger partial charge in [0.1, 0.15) is 6.29 Å². The molecule has 0 aliphatic carbocycles. The normalized spacial score (nSPS) is 11.8. The van der Waals surface area contributed by atoms with Gasteiger partial charge in [0.2, 0.25) is 0 Å². The second-order valence-electron chi connectivity index (χ2n) is 5.16. The lowest BCUT2D eigenvalue weighted by molar-refractivity contribution is -0.110. The second-order valence-corrected chi connectivity index (χ2v) is 5.16. The molecule has 0 fully saturated rings. The van der Waals surface area contributed by atoms with Gasteiger partial charge in [-0.1, -0.05) is 61.5 Å². The molecule has 2 heteroatoms. The minimum atomic E-state index is -0.0638. The van der Waals surface area contributed by atoms with Crippen molar-refractivity contribution in [3.63, 3.8) is 0 Å². The Labute approximate surface area is 120 Å². The van der Waals surface area contributed by atoms with Crippen LogP contribution in [0.1, 0.15) is 18.9 Å². The van der Waals surface area contributed by atoms with Gasteiger partial charge in [0.15, 0.2) is 0 Å². The Bertz CT molecular complexity index is 572. The summed E-state index contributed by atoms with van der Waals surface area (Å²) in [4.78, 5) is 10.6. The molecule has 1 atom stereocenters. The molecule has 0 bridgehead atoms. The topological polar surface area (TPSA) is 40.9 Å². The maximum atomic E-state index is 10.6. The predicted octanol–water partition coefficient (Wildman–Crippen LogP) is 4.14. The highest BCUT2D eigenvalue weighted by Gasteiger charge is 2.06. The number of carbonyl (C=O) groups excluding carboxylic acids is 1. The zero-order valence-electron chi connectivity index (χ0n) is 11.7. The molecule has 0 spiro atoms. The fourth-order valence-electron chi connectivity index (χ4n) is 2.20. The van der Waals surface area contributed by atoms with Crippen LogP contribution in [0.5, 0.6) is 0 Å². The maximum Gasteiger partial charge on any atom is 0.123 e. The highest BCUT2D eigenvalue weighted by Crippen LogP contribution is 2.19. The van der Waals surface area contributed by atoms with Crippen molar-refractivity contribution in [2.45, 2.75) is 19.8 Å². The van der Waals surface area contributed by atoms with Crippen LogP contribution in [0, 0.1) is 11.3 Å². The Hall–Kier alpha value is -2.22. The highest BCUT2D eigenvalue weighted by molar-refractivity contribution is 5.85. The average Bonchev–Trinajstić information content (AvgIpc) is 2.48. The van der Waals surface area contributed by atoms with Crippen molar-refractivity contribution >= 4 is 12.0 Å². The molecule has 2 aromatic carbocycles. The van der Waals surface area contributed by atoms with E-state index in [1.807, 2.05) is 25.1 Å². The Morgan fingerprint density at radius 1 is 1.05 bits per heavy atom. The zero-order valence-corrected chi connectivity index (χ0v) is 11.7. The van der Waals surface area contributed by atoms with Crippen molar-refractivity contribution < 1.29 is 4.79 Å². The number of hydrogen-bond donors (Lipinski definition) is 1. The lowest BCUT2D eigenvalue weighted by Crippen LogP contribution is -2.08. The van der Waals surface area contributed by atoms with Crippen LogP contribution >= 0.6 is 0 Å². The van der Waals surface area contributed by atoms with E-state index in [1.165, 1.54) is 11.1 Å². The van der Waals surface area contributed by atoms with Gasteiger partial charge in [-0.3, -0.25) is 0 Å². The van der Waals surface area contributed by atoms with Gasteiger partial charge in [-0.15, -0.1) is 0 Å². The third kappa shape index (κ3) is 3.89. The van der Waals surface area contributed by atoms with Gasteiger partial charge in [-0.25, -0.2) is 0 Å². The number of nitrogens with one attached hydrogen (secondary N) is 1. The molecule has 0 saturated carbocycles. The molecule has 0 radical (unpaired) electrons. The van der Waals surface area contributed by atoms with Gasteiger partial charge in [0.05, 0.1) is 0 Å². The fraction of sp³-hybridized carbons (Fsp3) is 0.222. The molecule has 1 N–H and O–H groups in total. The summed E-state index contributed by atoms with van der Waals surface area (Å²) in [5.74, 6) is -0.0638. The van der Waals surface area contributed by atoms with Crippen LogP contribution in [0.15, 0.2) is 54.6 Å². The van der Waals surface area contributed by atoms with E-state index in [-0.39, 0.29) is 5.92 Å². The summed E-state index contributed by atoms with van der Waals surface area (Å²) in [5, 5.41) is 7.92. The molecule has 0 heterocycles. The third-order valence-corrected chi connectivity index (χ3v) is 3.28. The number of carbonyl (C=O) groups is 1. The van der Waals surface area contributed by atoms with E-state index in [0.717, 1.165) is 11.8 Å². The van der Waals surface area contributed by atoms with Crippen LogP contribution in [0.2, 0.25) is 0 Å². The average molecular weight is 265 g/mol. The first-order valence-corrected chi connectivity index (χ1v) is 6.85. The Morgan fingerprint density at radius 2 is 1.65 bits per heavy atom. The number of hydrogen-bond acceptors (Lipinski definition) is 2. The molecule has 102 valence electrons. The third-order valence-electron chi connectivity index (χ3n) is 3.28. The van der Waals surface area contributed by atoms with E-state index >= 15 is 0 Å². The van der Waals surface area contributed by atoms with Crippen molar-refractivity contribution in [1.82, 2.24) is 0 Å². The number of aldehydes is 1. The molecule has 0 aliphatic rings. The molecule has 0 aromatic heterocycles. The van der Waals surface area contributed by atoms with E-state index in [1.54, 1.807) is 0 Å². The Balaban J connectivity index is 2.02. The number of rotatable bonds is 6. The minimum absolute atomic E-state index is 0.0638. The molecule has 2 nitrogen and oxygen atoms in total. The molecule has 2 rings (SSSR count). The summed E-state index contributed by atoms with van der Waals surface area (Å²) >= 11 is 0. The summed E-state index contributed by atoms with van der Waals surface area (Å²) in [7, 11) is 0. The summed E-state index contributed by atoms with van der Waals surface area (Å²) in [6.07, 6.45) is 2.07. The molecule has 1 unspecified atom stereocenters. The van der Waals surface area contributed by atoms with Crippen LogP contribution in [0.4, 0.5) is 0 Å². The van der Waals surface area contributed by atoms with Crippen LogP contribution in [-0.2, 0) is 11.2 Å². The summed E-state index contributed by atoms with van der Waals surface area (Å²) in [6.45, 7) is 1.85. The van der Waals surface area contributed by atoms with E-state index < -0.39 is 0 Å². The quantitative estimate of drug-likeness (QED) is 0.619. The zero-order chi connectivity index (χ0) is 14.4.